The molecule has 0 saturated heterocycles. The number of hydrogen-bond donors (Lipinski definition) is 2. The Bertz CT molecular complexity index is 1120. The smallest absolute Gasteiger partial charge is 0.275 e. The van der Waals surface area contributed by atoms with Crippen LogP contribution in [-0.2, 0) is 9.59 Å². The quantitative estimate of drug-likeness (QED) is 0.555. The number of carbonyl (C=O) groups is 2. The predicted molar refractivity (Wildman–Crippen MR) is 96.5 cm³/mol. The number of carbonyl (C=O) groups excluding carboxylic acids is 2. The Balaban J connectivity index is 1.85. The second-order valence-electron chi connectivity index (χ2n) is 6.00. The van der Waals surface area contributed by atoms with Crippen molar-refractivity contribution in [3.05, 3.63) is 72.6 Å². The van der Waals surface area contributed by atoms with E-state index < -0.39 is 0 Å². The number of rotatable bonds is 2. The van der Waals surface area contributed by atoms with Crippen LogP contribution in [0.1, 0.15) is 5.56 Å². The van der Waals surface area contributed by atoms with Crippen LogP contribution in [-0.4, -0.2) is 21.4 Å². The lowest BCUT2D eigenvalue weighted by Gasteiger charge is -2.07. The zero-order valence-corrected chi connectivity index (χ0v) is 13.1. The van der Waals surface area contributed by atoms with E-state index >= 15 is 0 Å². The number of hydrogen-bond acceptors (Lipinski definition) is 2. The molecule has 0 fully saturated rings. The van der Waals surface area contributed by atoms with Gasteiger partial charge >= 0.3 is 0 Å². The Morgan fingerprint density at radius 2 is 1.64 bits per heavy atom. The molecule has 5 rings (SSSR count). The van der Waals surface area contributed by atoms with E-state index in [4.69, 9.17) is 0 Å². The van der Waals surface area contributed by atoms with Crippen LogP contribution < -0.4 is 5.32 Å². The first-order valence-corrected chi connectivity index (χ1v) is 7.97. The lowest BCUT2D eigenvalue weighted by molar-refractivity contribution is -0.122. The summed E-state index contributed by atoms with van der Waals surface area (Å²) in [5.74, 6) is -0.755. The third-order valence-corrected chi connectivity index (χ3v) is 4.60. The molecule has 0 spiro atoms. The largest absolute Gasteiger partial charge is 0.361 e. The van der Waals surface area contributed by atoms with E-state index in [1.165, 1.54) is 0 Å². The lowest BCUT2D eigenvalue weighted by atomic mass is 10.0. The number of amides is 2. The summed E-state index contributed by atoms with van der Waals surface area (Å²) in [6, 6.07) is 17.4. The average molecular weight is 327 g/mol. The van der Waals surface area contributed by atoms with Gasteiger partial charge in [-0.25, -0.2) is 0 Å². The summed E-state index contributed by atoms with van der Waals surface area (Å²) in [6.07, 6.45) is 3.61. The van der Waals surface area contributed by atoms with Crippen LogP contribution >= 0.6 is 0 Å². The third-order valence-electron chi connectivity index (χ3n) is 4.60. The molecule has 0 saturated carbocycles. The Kier molecular flexibility index (Phi) is 2.73. The number of aromatic nitrogens is 2. The average Bonchev–Trinajstić information content (AvgIpc) is 3.30. The molecular formula is C20H13N3O2. The van der Waals surface area contributed by atoms with Gasteiger partial charge in [0, 0.05) is 28.9 Å². The van der Waals surface area contributed by atoms with Crippen LogP contribution in [0.4, 0.5) is 0 Å². The summed E-state index contributed by atoms with van der Waals surface area (Å²) in [6.45, 7) is 0. The van der Waals surface area contributed by atoms with E-state index in [-0.39, 0.29) is 11.8 Å². The standard InChI is InChI=1S/C20H13N3O2/c24-19-17(14-11-21-15-7-3-2-6-13(14)15)18(20(25)22-19)23-10-9-12-5-1-4-8-16(12)23/h1-11,21H,(H,22,24,25). The maximum atomic E-state index is 12.6. The number of nitrogens with zero attached hydrogens (tertiary/aromatic N) is 1. The van der Waals surface area contributed by atoms with Crippen molar-refractivity contribution in [2.75, 3.05) is 0 Å². The number of benzene rings is 2. The molecule has 0 atom stereocenters. The number of fused-ring (bicyclic) bond motifs is 2. The topological polar surface area (TPSA) is 66.9 Å². The molecule has 0 unspecified atom stereocenters. The van der Waals surface area contributed by atoms with E-state index in [9.17, 15) is 9.59 Å². The first-order chi connectivity index (χ1) is 12.2. The van der Waals surface area contributed by atoms with E-state index in [1.54, 1.807) is 10.8 Å². The fourth-order valence-corrected chi connectivity index (χ4v) is 3.48. The molecule has 2 aromatic heterocycles. The highest BCUT2D eigenvalue weighted by atomic mass is 16.2. The van der Waals surface area contributed by atoms with Crippen molar-refractivity contribution in [3.8, 4) is 0 Å². The minimum Gasteiger partial charge on any atom is -0.361 e. The van der Waals surface area contributed by atoms with Gasteiger partial charge in [0.05, 0.1) is 11.1 Å². The van der Waals surface area contributed by atoms with Crippen molar-refractivity contribution in [1.29, 1.82) is 0 Å². The van der Waals surface area contributed by atoms with Gasteiger partial charge in [-0.1, -0.05) is 36.4 Å². The maximum absolute atomic E-state index is 12.6. The van der Waals surface area contributed by atoms with Crippen molar-refractivity contribution in [1.82, 2.24) is 14.9 Å². The second kappa shape index (κ2) is 4.95. The van der Waals surface area contributed by atoms with Gasteiger partial charge < -0.3 is 9.55 Å². The first-order valence-electron chi connectivity index (χ1n) is 7.97. The van der Waals surface area contributed by atoms with Crippen LogP contribution in [0.25, 0.3) is 33.1 Å². The fraction of sp³-hybridized carbons (Fsp3) is 0. The molecular weight excluding hydrogens is 314 g/mol. The monoisotopic (exact) mass is 327 g/mol. The highest BCUT2D eigenvalue weighted by Crippen LogP contribution is 2.34. The van der Waals surface area contributed by atoms with Crippen molar-refractivity contribution in [3.63, 3.8) is 0 Å². The van der Waals surface area contributed by atoms with Crippen molar-refractivity contribution >= 4 is 44.9 Å². The lowest BCUT2D eigenvalue weighted by Crippen LogP contribution is -2.23. The first kappa shape index (κ1) is 13.8. The Labute approximate surface area is 142 Å². The molecule has 1 aliphatic heterocycles. The minimum absolute atomic E-state index is 0.357. The van der Waals surface area contributed by atoms with Crippen LogP contribution in [0, 0.1) is 0 Å². The van der Waals surface area contributed by atoms with E-state index in [1.807, 2.05) is 60.8 Å². The molecule has 1 aliphatic rings. The SMILES string of the molecule is O=C1NC(=O)C(n2ccc3ccccc32)=C1c1c[nH]c2ccccc12. The molecule has 25 heavy (non-hydrogen) atoms. The number of nitrogens with one attached hydrogen (secondary N) is 2. The van der Waals surface area contributed by atoms with Gasteiger partial charge in [-0.3, -0.25) is 14.9 Å². The van der Waals surface area contributed by atoms with Crippen molar-refractivity contribution in [2.45, 2.75) is 0 Å². The maximum Gasteiger partial charge on any atom is 0.275 e. The Morgan fingerprint density at radius 1 is 0.840 bits per heavy atom. The van der Waals surface area contributed by atoms with Crippen LogP contribution in [0.15, 0.2) is 67.0 Å². The molecule has 2 aromatic carbocycles. The number of aromatic amines is 1. The molecule has 120 valence electrons. The van der Waals surface area contributed by atoms with Crippen LogP contribution in [0.2, 0.25) is 0 Å². The Hall–Kier alpha value is -3.60. The zero-order valence-electron chi connectivity index (χ0n) is 13.1. The molecule has 2 amide bonds. The van der Waals surface area contributed by atoms with Crippen LogP contribution in [0.5, 0.6) is 0 Å². The van der Waals surface area contributed by atoms with Crippen LogP contribution in [0.3, 0.4) is 0 Å². The molecule has 0 aliphatic carbocycles. The van der Waals surface area contributed by atoms with Crippen molar-refractivity contribution in [2.24, 2.45) is 0 Å². The van der Waals surface area contributed by atoms with Crippen molar-refractivity contribution < 1.29 is 9.59 Å². The third kappa shape index (κ3) is 1.89. The summed E-state index contributed by atoms with van der Waals surface area (Å²) in [7, 11) is 0. The Morgan fingerprint density at radius 3 is 2.56 bits per heavy atom. The minimum atomic E-state index is -0.383. The summed E-state index contributed by atoms with van der Waals surface area (Å²) in [5, 5.41) is 4.36. The second-order valence-corrected chi connectivity index (χ2v) is 6.00. The van der Waals surface area contributed by atoms with Gasteiger partial charge in [0.2, 0.25) is 0 Å². The highest BCUT2D eigenvalue weighted by Gasteiger charge is 2.34. The molecule has 2 N–H and O–H groups in total. The summed E-state index contributed by atoms with van der Waals surface area (Å²) >= 11 is 0. The molecule has 5 heteroatoms. The fourth-order valence-electron chi connectivity index (χ4n) is 3.48. The summed E-state index contributed by atoms with van der Waals surface area (Å²) in [5.41, 5.74) is 3.29. The molecule has 3 heterocycles. The van der Waals surface area contributed by atoms with Gasteiger partial charge in [-0.05, 0) is 23.6 Å². The van der Waals surface area contributed by atoms with Gasteiger partial charge in [-0.15, -0.1) is 0 Å². The molecule has 5 nitrogen and oxygen atoms in total. The predicted octanol–water partition coefficient (Wildman–Crippen LogP) is 3.15. The van der Waals surface area contributed by atoms with Gasteiger partial charge in [0.25, 0.3) is 11.8 Å². The number of imide groups is 1. The van der Waals surface area contributed by atoms with Gasteiger partial charge in [0.1, 0.15) is 5.70 Å². The normalized spacial score (nSPS) is 14.7. The van der Waals surface area contributed by atoms with Gasteiger partial charge in [0.15, 0.2) is 0 Å². The van der Waals surface area contributed by atoms with E-state index in [0.29, 0.717) is 11.3 Å². The molecule has 4 aromatic rings. The zero-order chi connectivity index (χ0) is 17.0. The van der Waals surface area contributed by atoms with E-state index in [0.717, 1.165) is 27.4 Å². The summed E-state index contributed by atoms with van der Waals surface area (Å²) < 4.78 is 1.78. The van der Waals surface area contributed by atoms with Gasteiger partial charge in [-0.2, -0.15) is 0 Å². The number of H-pyrrole nitrogens is 1. The summed E-state index contributed by atoms with van der Waals surface area (Å²) in [4.78, 5) is 28.3. The van der Waals surface area contributed by atoms with E-state index in [2.05, 4.69) is 10.3 Å². The molecule has 0 radical (unpaired) electrons. The molecule has 0 bridgehead atoms. The highest BCUT2D eigenvalue weighted by molar-refractivity contribution is 6.47. The number of para-hydroxylation sites is 2.